The Hall–Kier alpha value is 0. The van der Waals surface area contributed by atoms with E-state index in [2.05, 4.69) is 13.8 Å². The Morgan fingerprint density at radius 3 is 2.46 bits per heavy atom. The lowest BCUT2D eigenvalue weighted by Crippen LogP contribution is -2.07. The van der Waals surface area contributed by atoms with Gasteiger partial charge in [0.05, 0.1) is 0 Å². The standard InChI is InChI=1S/C13H24/c1-11(13(2)9-10-13)5-3-4-6-12-7-8-12/h11-12H,3-10H2,1-2H3. The molecule has 13 heavy (non-hydrogen) atoms. The molecule has 0 aromatic rings. The van der Waals surface area contributed by atoms with Gasteiger partial charge in [-0.1, -0.05) is 52.4 Å². The SMILES string of the molecule is CC(CCCCC1CC1)C1(C)CC1. The van der Waals surface area contributed by atoms with Crippen molar-refractivity contribution in [2.75, 3.05) is 0 Å². The van der Waals surface area contributed by atoms with Crippen LogP contribution in [-0.4, -0.2) is 0 Å². The molecule has 0 aromatic heterocycles. The molecule has 0 bridgehead atoms. The summed E-state index contributed by atoms with van der Waals surface area (Å²) >= 11 is 0. The summed E-state index contributed by atoms with van der Waals surface area (Å²) in [7, 11) is 0. The number of hydrogen-bond donors (Lipinski definition) is 0. The molecule has 2 aliphatic rings. The van der Waals surface area contributed by atoms with Gasteiger partial charge in [0.1, 0.15) is 0 Å². The Kier molecular flexibility index (Phi) is 2.67. The molecule has 0 saturated heterocycles. The largest absolute Gasteiger partial charge is 0.0620 e. The fourth-order valence-electron chi connectivity index (χ4n) is 2.33. The molecule has 1 unspecified atom stereocenters. The minimum atomic E-state index is 0.763. The predicted octanol–water partition coefficient (Wildman–Crippen LogP) is 4.39. The third kappa shape index (κ3) is 2.72. The molecule has 0 nitrogen and oxygen atoms in total. The summed E-state index contributed by atoms with van der Waals surface area (Å²) in [6.45, 7) is 4.93. The van der Waals surface area contributed by atoms with Crippen LogP contribution in [0.5, 0.6) is 0 Å². The maximum atomic E-state index is 2.47. The van der Waals surface area contributed by atoms with Gasteiger partial charge in [0.25, 0.3) is 0 Å². The van der Waals surface area contributed by atoms with Gasteiger partial charge >= 0.3 is 0 Å². The highest BCUT2D eigenvalue weighted by Crippen LogP contribution is 2.52. The smallest absolute Gasteiger partial charge is 0.0300 e. The summed E-state index contributed by atoms with van der Waals surface area (Å²) in [6.07, 6.45) is 12.1. The molecule has 1 atom stereocenters. The Morgan fingerprint density at radius 1 is 1.23 bits per heavy atom. The van der Waals surface area contributed by atoms with Crippen molar-refractivity contribution in [2.45, 2.75) is 65.2 Å². The molecule has 0 N–H and O–H groups in total. The normalized spacial score (nSPS) is 27.2. The third-order valence-corrected chi connectivity index (χ3v) is 4.42. The van der Waals surface area contributed by atoms with E-state index in [0.29, 0.717) is 0 Å². The van der Waals surface area contributed by atoms with E-state index >= 15 is 0 Å². The summed E-state index contributed by atoms with van der Waals surface area (Å²) in [5.41, 5.74) is 0.763. The zero-order chi connectivity index (χ0) is 9.31. The summed E-state index contributed by atoms with van der Waals surface area (Å²) in [5.74, 6) is 2.14. The van der Waals surface area contributed by atoms with Gasteiger partial charge in [-0.25, -0.2) is 0 Å². The van der Waals surface area contributed by atoms with Crippen LogP contribution in [-0.2, 0) is 0 Å². The maximum absolute atomic E-state index is 2.47. The van der Waals surface area contributed by atoms with Gasteiger partial charge in [-0.15, -0.1) is 0 Å². The van der Waals surface area contributed by atoms with Crippen LogP contribution in [0.4, 0.5) is 0 Å². The van der Waals surface area contributed by atoms with Crippen LogP contribution in [0.15, 0.2) is 0 Å². The molecule has 0 radical (unpaired) electrons. The quantitative estimate of drug-likeness (QED) is 0.532. The van der Waals surface area contributed by atoms with Crippen molar-refractivity contribution in [3.8, 4) is 0 Å². The summed E-state index contributed by atoms with van der Waals surface area (Å²) in [6, 6.07) is 0. The highest BCUT2D eigenvalue weighted by atomic mass is 14.5. The first kappa shape index (κ1) is 9.55. The van der Waals surface area contributed by atoms with Gasteiger partial charge in [0.15, 0.2) is 0 Å². The lowest BCUT2D eigenvalue weighted by molar-refractivity contribution is 0.329. The predicted molar refractivity (Wildman–Crippen MR) is 57.7 cm³/mol. The number of unbranched alkanes of at least 4 members (excludes halogenated alkanes) is 1. The summed E-state index contributed by atoms with van der Waals surface area (Å²) in [4.78, 5) is 0. The second kappa shape index (κ2) is 3.63. The van der Waals surface area contributed by atoms with Crippen molar-refractivity contribution >= 4 is 0 Å². The molecule has 0 aromatic carbocycles. The molecule has 0 heterocycles. The van der Waals surface area contributed by atoms with Gasteiger partial charge in [-0.05, 0) is 30.1 Å². The average molecular weight is 180 g/mol. The van der Waals surface area contributed by atoms with Gasteiger partial charge in [0.2, 0.25) is 0 Å². The molecule has 2 fully saturated rings. The monoisotopic (exact) mass is 180 g/mol. The second-order valence-corrected chi connectivity index (χ2v) is 5.78. The van der Waals surface area contributed by atoms with Crippen LogP contribution in [0.25, 0.3) is 0 Å². The molecule has 0 aliphatic heterocycles. The van der Waals surface area contributed by atoms with Crippen molar-refractivity contribution in [2.24, 2.45) is 17.3 Å². The summed E-state index contributed by atoms with van der Waals surface area (Å²) < 4.78 is 0. The van der Waals surface area contributed by atoms with Crippen LogP contribution < -0.4 is 0 Å². The van der Waals surface area contributed by atoms with Crippen LogP contribution in [0.3, 0.4) is 0 Å². The van der Waals surface area contributed by atoms with E-state index in [4.69, 9.17) is 0 Å². The van der Waals surface area contributed by atoms with Crippen molar-refractivity contribution in [1.82, 2.24) is 0 Å². The van der Waals surface area contributed by atoms with Crippen LogP contribution in [0.2, 0.25) is 0 Å². The Morgan fingerprint density at radius 2 is 1.92 bits per heavy atom. The molecule has 0 spiro atoms. The van der Waals surface area contributed by atoms with Crippen molar-refractivity contribution in [3.05, 3.63) is 0 Å². The molecule has 0 amide bonds. The lowest BCUT2D eigenvalue weighted by Gasteiger charge is -2.18. The summed E-state index contributed by atoms with van der Waals surface area (Å²) in [5, 5.41) is 0. The van der Waals surface area contributed by atoms with Gasteiger partial charge in [-0.2, -0.15) is 0 Å². The van der Waals surface area contributed by atoms with Crippen LogP contribution >= 0.6 is 0 Å². The first-order valence-electron chi connectivity index (χ1n) is 6.21. The Balaban J connectivity index is 1.51. The van der Waals surface area contributed by atoms with Gasteiger partial charge < -0.3 is 0 Å². The molecule has 2 aliphatic carbocycles. The van der Waals surface area contributed by atoms with Crippen LogP contribution in [0.1, 0.15) is 65.2 Å². The molecule has 0 heteroatoms. The molecule has 2 saturated carbocycles. The van der Waals surface area contributed by atoms with E-state index in [1.165, 1.54) is 51.4 Å². The molecule has 2 rings (SSSR count). The second-order valence-electron chi connectivity index (χ2n) is 5.78. The first-order chi connectivity index (χ1) is 6.21. The fraction of sp³-hybridized carbons (Fsp3) is 1.00. The van der Waals surface area contributed by atoms with Crippen molar-refractivity contribution in [1.29, 1.82) is 0 Å². The van der Waals surface area contributed by atoms with Crippen molar-refractivity contribution < 1.29 is 0 Å². The van der Waals surface area contributed by atoms with E-state index in [0.717, 1.165) is 17.3 Å². The maximum Gasteiger partial charge on any atom is -0.0300 e. The zero-order valence-corrected chi connectivity index (χ0v) is 9.31. The molecule has 76 valence electrons. The van der Waals surface area contributed by atoms with E-state index in [-0.39, 0.29) is 0 Å². The van der Waals surface area contributed by atoms with Crippen molar-refractivity contribution in [3.63, 3.8) is 0 Å². The van der Waals surface area contributed by atoms with E-state index < -0.39 is 0 Å². The fourth-order valence-corrected chi connectivity index (χ4v) is 2.33. The van der Waals surface area contributed by atoms with Gasteiger partial charge in [-0.3, -0.25) is 0 Å². The minimum absolute atomic E-state index is 0.763. The lowest BCUT2D eigenvalue weighted by atomic mass is 9.88. The van der Waals surface area contributed by atoms with E-state index in [1.54, 1.807) is 0 Å². The number of rotatable bonds is 6. The zero-order valence-electron chi connectivity index (χ0n) is 9.31. The highest BCUT2D eigenvalue weighted by molar-refractivity contribution is 4.92. The van der Waals surface area contributed by atoms with E-state index in [1.807, 2.05) is 0 Å². The minimum Gasteiger partial charge on any atom is -0.0620 e. The third-order valence-electron chi connectivity index (χ3n) is 4.42. The average Bonchev–Trinajstić information content (AvgIpc) is 2.95. The molecular formula is C13H24. The van der Waals surface area contributed by atoms with Crippen LogP contribution in [0, 0.1) is 17.3 Å². The Bertz CT molecular complexity index is 163. The Labute approximate surface area is 83.1 Å². The first-order valence-corrected chi connectivity index (χ1v) is 6.21. The number of hydrogen-bond acceptors (Lipinski definition) is 0. The highest BCUT2D eigenvalue weighted by Gasteiger charge is 2.41. The molecular weight excluding hydrogens is 156 g/mol. The topological polar surface area (TPSA) is 0 Å². The van der Waals surface area contributed by atoms with E-state index in [9.17, 15) is 0 Å². The van der Waals surface area contributed by atoms with Gasteiger partial charge in [0, 0.05) is 0 Å².